The summed E-state index contributed by atoms with van der Waals surface area (Å²) in [6.07, 6.45) is 2.14. The molecule has 0 aromatic rings. The zero-order valence-corrected chi connectivity index (χ0v) is 19.1. The Morgan fingerprint density at radius 3 is 1.37 bits per heavy atom. The van der Waals surface area contributed by atoms with Gasteiger partial charge in [0.2, 0.25) is 0 Å². The summed E-state index contributed by atoms with van der Waals surface area (Å²) in [5.74, 6) is 0. The molecule has 0 aliphatic carbocycles. The van der Waals surface area contributed by atoms with Gasteiger partial charge >= 0.3 is 16.5 Å². The third-order valence-corrected chi connectivity index (χ3v) is 3.49. The summed E-state index contributed by atoms with van der Waals surface area (Å²) in [7, 11) is -9.89. The minimum absolute atomic E-state index is 0. The molecule has 5 N–H and O–H groups in total. The summed E-state index contributed by atoms with van der Waals surface area (Å²) < 4.78 is 67.9. The number of halogens is 2. The van der Waals surface area contributed by atoms with Gasteiger partial charge in [-0.2, -0.15) is 0 Å². The molecule has 1 atom stereocenters. The van der Waals surface area contributed by atoms with Gasteiger partial charge in [0.15, 0.2) is 0 Å². The molecule has 1 fully saturated rings. The minimum Gasteiger partial charge on any atom is -0.395 e. The Labute approximate surface area is 190 Å². The maximum atomic E-state index is 9.43. The van der Waals surface area contributed by atoms with Gasteiger partial charge in [0.1, 0.15) is 0 Å². The van der Waals surface area contributed by atoms with Crippen molar-refractivity contribution in [2.75, 3.05) is 59.2 Å². The molecule has 14 nitrogen and oxygen atoms in total. The first-order valence-electron chi connectivity index (χ1n) is 8.79. The maximum absolute atomic E-state index is 9.43. The molecule has 186 valence electrons. The summed E-state index contributed by atoms with van der Waals surface area (Å²) >= 11 is 0. The third-order valence-electron chi connectivity index (χ3n) is 3.49. The molecule has 0 radical (unpaired) electrons. The second-order valence-electron chi connectivity index (χ2n) is 5.76. The van der Waals surface area contributed by atoms with Gasteiger partial charge in [-0.3, -0.25) is 4.90 Å². The quantitative estimate of drug-likeness (QED) is 0.212. The number of aliphatic hydroxyl groups excluding tert-OH is 1. The summed E-state index contributed by atoms with van der Waals surface area (Å²) in [6, 6.07) is 0.230. The van der Waals surface area contributed by atoms with Gasteiger partial charge in [-0.1, -0.05) is 6.92 Å². The van der Waals surface area contributed by atoms with Crippen LogP contribution in [0.25, 0.3) is 0 Å². The van der Waals surface area contributed by atoms with E-state index in [0.29, 0.717) is 0 Å². The fourth-order valence-corrected chi connectivity index (χ4v) is 2.20. The molecular weight excluding hydrogens is 500 g/mol. The first-order chi connectivity index (χ1) is 13.4. The van der Waals surface area contributed by atoms with E-state index in [0.717, 1.165) is 59.0 Å². The van der Waals surface area contributed by atoms with E-state index in [1.54, 1.807) is 0 Å². The molecule has 1 aliphatic rings. The maximum Gasteiger partial charge on any atom is 2.00 e. The largest absolute Gasteiger partial charge is 2.00 e. The smallest absolute Gasteiger partial charge is 0.395 e. The molecule has 30 heavy (non-hydrogen) atoms. The van der Waals surface area contributed by atoms with Gasteiger partial charge in [0.05, 0.1) is 6.61 Å². The monoisotopic (exact) mass is 529 g/mol. The molecule has 0 amide bonds. The second kappa shape index (κ2) is 21.4. The molecule has 0 spiro atoms. The number of nitrogens with one attached hydrogen (secondary N) is 4. The topological polar surface area (TPSA) is 256 Å². The Morgan fingerprint density at radius 2 is 1.07 bits per heavy atom. The van der Waals surface area contributed by atoms with Crippen molar-refractivity contribution in [1.82, 2.24) is 26.2 Å². The molecule has 0 unspecified atom stereocenters. The average Bonchev–Trinajstić information content (AvgIpc) is 2.56. The van der Waals surface area contributed by atoms with Crippen LogP contribution in [0, 0.1) is 20.5 Å². The Hall–Kier alpha value is 0.514. The summed E-state index contributed by atoms with van der Waals surface area (Å²) in [4.78, 5) is 2.27. The molecule has 0 saturated carbocycles. The predicted octanol–water partition coefficient (Wildman–Crippen LogP) is -10.8. The number of hydrogen-bond donors (Lipinski definition) is 5. The Bertz CT molecular complexity index is 329. The number of aliphatic hydroxyl groups is 1. The third kappa shape index (κ3) is 35.9. The van der Waals surface area contributed by atoms with E-state index in [2.05, 4.69) is 33.1 Å². The molecule has 1 rings (SSSR count). The Kier molecular flexibility index (Phi) is 25.0. The number of rotatable bonds is 3. The van der Waals surface area contributed by atoms with Crippen LogP contribution in [0.15, 0.2) is 0 Å². The van der Waals surface area contributed by atoms with E-state index in [1.807, 2.05) is 0 Å². The number of nitrogens with zero attached hydrogens (tertiary/aromatic N) is 1. The Balaban J connectivity index is -0.000000553. The molecule has 0 aromatic carbocycles. The Morgan fingerprint density at radius 1 is 0.733 bits per heavy atom. The van der Waals surface area contributed by atoms with Gasteiger partial charge < -0.3 is 26.4 Å². The van der Waals surface area contributed by atoms with E-state index in [4.69, 9.17) is 37.3 Å². The van der Waals surface area contributed by atoms with Crippen molar-refractivity contribution in [1.29, 1.82) is 0 Å². The predicted molar refractivity (Wildman–Crippen MR) is 79.1 cm³/mol. The van der Waals surface area contributed by atoms with Gasteiger partial charge in [-0.25, -0.2) is 37.3 Å². The number of hydrogen-bond acceptors (Lipinski definition) is 14. The summed E-state index contributed by atoms with van der Waals surface area (Å²) in [5.41, 5.74) is 0. The van der Waals surface area contributed by atoms with Crippen molar-refractivity contribution < 1.29 is 79.4 Å². The molecule has 17 heteroatoms. The summed E-state index contributed by atoms with van der Waals surface area (Å²) in [5, 5.41) is 23.1. The zero-order valence-electron chi connectivity index (χ0n) is 16.6. The van der Waals surface area contributed by atoms with Crippen molar-refractivity contribution in [2.24, 2.45) is 0 Å². The van der Waals surface area contributed by atoms with Crippen LogP contribution in [0.2, 0.25) is 0 Å². The standard InChI is InChI=1S/C13H31N5O.2ClHO4.Ni/c1-2-13(10-19)18-11-16-8-6-14-4-3-5-15-7-9-17-12-18;2*2-1(3,4)5;/h13-17,19H,2-12H2,1H3;2*(H,2,3,4,5);/q;;;+2/p-2/t13-;;;/m1.../s1. The second-order valence-corrected chi connectivity index (χ2v) is 7.27. The first-order valence-corrected chi connectivity index (χ1v) is 11.3. The first kappa shape index (κ1) is 35.1. The van der Waals surface area contributed by atoms with Crippen molar-refractivity contribution in [3.05, 3.63) is 0 Å². The van der Waals surface area contributed by atoms with Crippen LogP contribution >= 0.6 is 0 Å². The van der Waals surface area contributed by atoms with Crippen LogP contribution in [0.5, 0.6) is 0 Å². The summed E-state index contributed by atoms with van der Waals surface area (Å²) in [6.45, 7) is 10.0. The van der Waals surface area contributed by atoms with Crippen LogP contribution in [0.4, 0.5) is 0 Å². The van der Waals surface area contributed by atoms with E-state index in [-0.39, 0.29) is 29.1 Å². The van der Waals surface area contributed by atoms with E-state index < -0.39 is 20.5 Å². The van der Waals surface area contributed by atoms with Crippen molar-refractivity contribution in [3.63, 3.8) is 0 Å². The molecule has 1 heterocycles. The van der Waals surface area contributed by atoms with E-state index >= 15 is 0 Å². The van der Waals surface area contributed by atoms with E-state index in [9.17, 15) is 5.11 Å². The van der Waals surface area contributed by atoms with Crippen LogP contribution in [0.1, 0.15) is 19.8 Å². The fraction of sp³-hybridized carbons (Fsp3) is 1.00. The molecular formula is C13H31Cl2N5NiO9. The van der Waals surface area contributed by atoms with Gasteiger partial charge in [-0.05, 0) is 25.9 Å². The van der Waals surface area contributed by atoms with Crippen LogP contribution in [0.3, 0.4) is 0 Å². The van der Waals surface area contributed by atoms with Crippen molar-refractivity contribution >= 4 is 0 Å². The van der Waals surface area contributed by atoms with Crippen molar-refractivity contribution in [3.8, 4) is 0 Å². The molecule has 0 aromatic heterocycles. The van der Waals surface area contributed by atoms with E-state index in [1.165, 1.54) is 6.42 Å². The van der Waals surface area contributed by atoms with Crippen LogP contribution in [-0.2, 0) is 16.5 Å². The normalized spacial score (nSPS) is 19.0. The zero-order chi connectivity index (χ0) is 22.8. The minimum atomic E-state index is -4.94. The molecule has 1 aliphatic heterocycles. The fourth-order valence-electron chi connectivity index (χ4n) is 2.20. The average molecular weight is 531 g/mol. The van der Waals surface area contributed by atoms with Crippen LogP contribution < -0.4 is 58.5 Å². The SMILES string of the molecule is CC[C@H](CO)N1CNCCNCCCNCCNC1.[Ni+2].[O-][Cl+3]([O-])([O-])[O-].[O-][Cl+3]([O-])([O-])[O-]. The van der Waals surface area contributed by atoms with Crippen LogP contribution in [-0.4, -0.2) is 75.3 Å². The van der Waals surface area contributed by atoms with Gasteiger partial charge in [-0.15, -0.1) is 20.5 Å². The van der Waals surface area contributed by atoms with Gasteiger partial charge in [0, 0.05) is 45.6 Å². The van der Waals surface area contributed by atoms with Gasteiger partial charge in [0.25, 0.3) is 0 Å². The molecule has 0 bridgehead atoms. The van der Waals surface area contributed by atoms with Crippen molar-refractivity contribution in [2.45, 2.75) is 25.8 Å². The molecule has 1 saturated heterocycles.